The van der Waals surface area contributed by atoms with Crippen molar-refractivity contribution in [3.05, 3.63) is 24.0 Å². The molecule has 0 aromatic carbocycles. The van der Waals surface area contributed by atoms with Crippen LogP contribution in [0.25, 0.3) is 0 Å². The Balaban J connectivity index is 2.71. The third-order valence-electron chi connectivity index (χ3n) is 2.09. The SMILES string of the molecule is C[C@@H](N)c1ccc(N(C)CC(F)F)cn1. The maximum atomic E-state index is 12.1. The highest BCUT2D eigenvalue weighted by Gasteiger charge is 2.09. The van der Waals surface area contributed by atoms with Gasteiger partial charge in [-0.05, 0) is 19.1 Å². The number of hydrogen-bond donors (Lipinski definition) is 1. The summed E-state index contributed by atoms with van der Waals surface area (Å²) in [6, 6.07) is 3.36. The summed E-state index contributed by atoms with van der Waals surface area (Å²) in [5, 5.41) is 0. The second-order valence-corrected chi connectivity index (χ2v) is 3.50. The number of nitrogens with zero attached hydrogens (tertiary/aromatic N) is 2. The molecular weight excluding hydrogens is 200 g/mol. The van der Waals surface area contributed by atoms with Crippen molar-refractivity contribution >= 4 is 5.69 Å². The van der Waals surface area contributed by atoms with Gasteiger partial charge >= 0.3 is 0 Å². The molecule has 0 amide bonds. The van der Waals surface area contributed by atoms with Crippen LogP contribution in [-0.2, 0) is 0 Å². The lowest BCUT2D eigenvalue weighted by atomic mass is 10.2. The summed E-state index contributed by atoms with van der Waals surface area (Å²) in [7, 11) is 1.61. The van der Waals surface area contributed by atoms with Crippen LogP contribution < -0.4 is 10.6 Å². The molecule has 0 fully saturated rings. The fourth-order valence-corrected chi connectivity index (χ4v) is 1.21. The van der Waals surface area contributed by atoms with Crippen LogP contribution in [0.15, 0.2) is 18.3 Å². The summed E-state index contributed by atoms with van der Waals surface area (Å²) in [6.07, 6.45) is -0.788. The molecule has 3 nitrogen and oxygen atoms in total. The van der Waals surface area contributed by atoms with Gasteiger partial charge < -0.3 is 10.6 Å². The van der Waals surface area contributed by atoms with Gasteiger partial charge in [0.05, 0.1) is 24.1 Å². The minimum absolute atomic E-state index is 0.139. The van der Waals surface area contributed by atoms with Crippen LogP contribution in [0.1, 0.15) is 18.7 Å². The Bertz CT molecular complexity index is 298. The van der Waals surface area contributed by atoms with Gasteiger partial charge in [0.2, 0.25) is 0 Å². The van der Waals surface area contributed by atoms with Crippen LogP contribution in [-0.4, -0.2) is 25.0 Å². The van der Waals surface area contributed by atoms with E-state index in [-0.39, 0.29) is 12.6 Å². The molecule has 0 saturated carbocycles. The van der Waals surface area contributed by atoms with Gasteiger partial charge in [0, 0.05) is 13.1 Å². The molecule has 0 unspecified atom stereocenters. The summed E-state index contributed by atoms with van der Waals surface area (Å²) in [4.78, 5) is 5.56. The molecular formula is C10H15F2N3. The normalized spacial score (nSPS) is 12.9. The first-order chi connectivity index (χ1) is 7.00. The fraction of sp³-hybridized carbons (Fsp3) is 0.500. The molecule has 2 N–H and O–H groups in total. The van der Waals surface area contributed by atoms with Crippen molar-refractivity contribution in [3.8, 4) is 0 Å². The molecule has 0 aliphatic heterocycles. The minimum atomic E-state index is -2.34. The van der Waals surface area contributed by atoms with Gasteiger partial charge in [-0.3, -0.25) is 4.98 Å². The largest absolute Gasteiger partial charge is 0.368 e. The number of aromatic nitrogens is 1. The second kappa shape index (κ2) is 5.02. The average molecular weight is 215 g/mol. The van der Waals surface area contributed by atoms with E-state index in [0.29, 0.717) is 5.69 Å². The summed E-state index contributed by atoms with van der Waals surface area (Å²) in [6.45, 7) is 1.53. The first-order valence-corrected chi connectivity index (χ1v) is 4.71. The van der Waals surface area contributed by atoms with Gasteiger partial charge in [0.15, 0.2) is 0 Å². The number of pyridine rings is 1. The molecule has 0 spiro atoms. The molecule has 1 rings (SSSR count). The van der Waals surface area contributed by atoms with Gasteiger partial charge in [-0.25, -0.2) is 8.78 Å². The van der Waals surface area contributed by atoms with Crippen molar-refractivity contribution in [2.45, 2.75) is 19.4 Å². The van der Waals surface area contributed by atoms with E-state index in [1.807, 2.05) is 6.92 Å². The molecule has 1 aromatic rings. The van der Waals surface area contributed by atoms with Gasteiger partial charge in [-0.15, -0.1) is 0 Å². The smallest absolute Gasteiger partial charge is 0.255 e. The summed E-state index contributed by atoms with van der Waals surface area (Å²) in [5.74, 6) is 0. The highest BCUT2D eigenvalue weighted by molar-refractivity contribution is 5.43. The molecule has 84 valence electrons. The molecule has 0 radical (unpaired) electrons. The Morgan fingerprint density at radius 1 is 1.47 bits per heavy atom. The van der Waals surface area contributed by atoms with Crippen molar-refractivity contribution in [2.75, 3.05) is 18.5 Å². The van der Waals surface area contributed by atoms with Crippen LogP contribution in [0, 0.1) is 0 Å². The lowest BCUT2D eigenvalue weighted by Gasteiger charge is -2.18. The molecule has 5 heteroatoms. The molecule has 1 heterocycles. The molecule has 0 aliphatic carbocycles. The Kier molecular flexibility index (Phi) is 3.96. The molecule has 1 aromatic heterocycles. The zero-order valence-electron chi connectivity index (χ0n) is 8.82. The number of alkyl halides is 2. The van der Waals surface area contributed by atoms with Crippen molar-refractivity contribution in [3.63, 3.8) is 0 Å². The molecule has 0 aliphatic rings. The minimum Gasteiger partial charge on any atom is -0.368 e. The Morgan fingerprint density at radius 3 is 2.53 bits per heavy atom. The zero-order valence-corrected chi connectivity index (χ0v) is 8.82. The summed E-state index contributed by atoms with van der Waals surface area (Å²) in [5.41, 5.74) is 7.04. The van der Waals surface area contributed by atoms with Crippen LogP contribution in [0.4, 0.5) is 14.5 Å². The number of hydrogen-bond acceptors (Lipinski definition) is 3. The van der Waals surface area contributed by atoms with E-state index in [9.17, 15) is 8.78 Å². The number of halogens is 2. The van der Waals surface area contributed by atoms with E-state index in [1.54, 1.807) is 25.4 Å². The quantitative estimate of drug-likeness (QED) is 0.832. The molecule has 0 bridgehead atoms. The Labute approximate surface area is 87.9 Å². The van der Waals surface area contributed by atoms with E-state index >= 15 is 0 Å². The number of nitrogens with two attached hydrogens (primary N) is 1. The van der Waals surface area contributed by atoms with E-state index in [1.165, 1.54) is 4.90 Å². The highest BCUT2D eigenvalue weighted by atomic mass is 19.3. The predicted molar refractivity (Wildman–Crippen MR) is 56.1 cm³/mol. The topological polar surface area (TPSA) is 42.1 Å². The third-order valence-corrected chi connectivity index (χ3v) is 2.09. The van der Waals surface area contributed by atoms with Crippen molar-refractivity contribution in [1.82, 2.24) is 4.98 Å². The van der Waals surface area contributed by atoms with Gasteiger partial charge in [-0.2, -0.15) is 0 Å². The Hall–Kier alpha value is -1.23. The monoisotopic (exact) mass is 215 g/mol. The van der Waals surface area contributed by atoms with Crippen molar-refractivity contribution < 1.29 is 8.78 Å². The summed E-state index contributed by atoms with van der Waals surface area (Å²) < 4.78 is 24.2. The van der Waals surface area contributed by atoms with Crippen LogP contribution in [0.5, 0.6) is 0 Å². The molecule has 15 heavy (non-hydrogen) atoms. The fourth-order valence-electron chi connectivity index (χ4n) is 1.21. The zero-order chi connectivity index (χ0) is 11.4. The van der Waals surface area contributed by atoms with Crippen LogP contribution >= 0.6 is 0 Å². The van der Waals surface area contributed by atoms with E-state index in [0.717, 1.165) is 5.69 Å². The lowest BCUT2D eigenvalue weighted by molar-refractivity contribution is 0.156. The molecule has 0 saturated heterocycles. The van der Waals surface area contributed by atoms with Crippen LogP contribution in [0.2, 0.25) is 0 Å². The van der Waals surface area contributed by atoms with Crippen LogP contribution in [0.3, 0.4) is 0 Å². The number of rotatable bonds is 4. The van der Waals surface area contributed by atoms with Crippen molar-refractivity contribution in [2.24, 2.45) is 5.73 Å². The maximum Gasteiger partial charge on any atom is 0.255 e. The average Bonchev–Trinajstić information content (AvgIpc) is 2.17. The summed E-state index contributed by atoms with van der Waals surface area (Å²) >= 11 is 0. The van der Waals surface area contributed by atoms with E-state index in [2.05, 4.69) is 4.98 Å². The number of anilines is 1. The van der Waals surface area contributed by atoms with Gasteiger partial charge in [-0.1, -0.05) is 0 Å². The Morgan fingerprint density at radius 2 is 2.13 bits per heavy atom. The highest BCUT2D eigenvalue weighted by Crippen LogP contribution is 2.14. The van der Waals surface area contributed by atoms with E-state index < -0.39 is 6.43 Å². The standard InChI is InChI=1S/C10H15F2N3/c1-7(13)9-4-3-8(5-14-9)15(2)6-10(11)12/h3-5,7,10H,6,13H2,1-2H3/t7-/m1/s1. The first kappa shape index (κ1) is 11.8. The third kappa shape index (κ3) is 3.43. The lowest BCUT2D eigenvalue weighted by Crippen LogP contribution is -2.24. The van der Waals surface area contributed by atoms with Gasteiger partial charge in [0.1, 0.15) is 0 Å². The maximum absolute atomic E-state index is 12.1. The van der Waals surface area contributed by atoms with Crippen molar-refractivity contribution in [1.29, 1.82) is 0 Å². The van der Waals surface area contributed by atoms with E-state index in [4.69, 9.17) is 5.73 Å². The molecule has 1 atom stereocenters. The predicted octanol–water partition coefficient (Wildman–Crippen LogP) is 1.80. The van der Waals surface area contributed by atoms with Gasteiger partial charge in [0.25, 0.3) is 6.43 Å². The second-order valence-electron chi connectivity index (χ2n) is 3.50. The first-order valence-electron chi connectivity index (χ1n) is 4.71.